The van der Waals surface area contributed by atoms with Crippen LogP contribution in [0.15, 0.2) is 59.6 Å². The third kappa shape index (κ3) is 3.77. The Labute approximate surface area is 143 Å². The Morgan fingerprint density at radius 1 is 1.12 bits per heavy atom. The van der Waals surface area contributed by atoms with Gasteiger partial charge in [0.1, 0.15) is 0 Å². The third-order valence-corrected chi connectivity index (χ3v) is 4.71. The molecule has 4 nitrogen and oxygen atoms in total. The van der Waals surface area contributed by atoms with Crippen LogP contribution in [0.2, 0.25) is 0 Å². The van der Waals surface area contributed by atoms with E-state index in [2.05, 4.69) is 39.9 Å². The van der Waals surface area contributed by atoms with Gasteiger partial charge in [-0.15, -0.1) is 0 Å². The van der Waals surface area contributed by atoms with E-state index in [0.717, 1.165) is 24.5 Å². The van der Waals surface area contributed by atoms with Gasteiger partial charge in [-0.05, 0) is 23.1 Å². The summed E-state index contributed by atoms with van der Waals surface area (Å²) in [4.78, 5) is 4.29. The summed E-state index contributed by atoms with van der Waals surface area (Å²) in [7, 11) is 1.78. The first kappa shape index (κ1) is 16.5. The van der Waals surface area contributed by atoms with E-state index in [1.165, 1.54) is 11.1 Å². The van der Waals surface area contributed by atoms with Crippen LogP contribution in [-0.4, -0.2) is 37.8 Å². The Kier molecular flexibility index (Phi) is 5.49. The summed E-state index contributed by atoms with van der Waals surface area (Å²) in [6, 6.07) is 18.7. The van der Waals surface area contributed by atoms with Crippen LogP contribution in [0.3, 0.4) is 0 Å². The second kappa shape index (κ2) is 7.97. The smallest absolute Gasteiger partial charge is 0.191 e. The molecule has 0 saturated carbocycles. The molecule has 2 aromatic carbocycles. The molecule has 3 N–H and O–H groups in total. The van der Waals surface area contributed by atoms with Gasteiger partial charge < -0.3 is 15.7 Å². The van der Waals surface area contributed by atoms with Gasteiger partial charge in [-0.25, -0.2) is 0 Å². The molecule has 0 aliphatic heterocycles. The molecule has 126 valence electrons. The van der Waals surface area contributed by atoms with Crippen molar-refractivity contribution in [1.29, 1.82) is 0 Å². The number of hydrogen-bond donors (Lipinski definition) is 3. The number of hydrogen-bond acceptors (Lipinski definition) is 2. The van der Waals surface area contributed by atoms with Gasteiger partial charge in [0, 0.05) is 32.0 Å². The van der Waals surface area contributed by atoms with E-state index in [1.54, 1.807) is 7.05 Å². The molecule has 0 bridgehead atoms. The maximum atomic E-state index is 9.64. The van der Waals surface area contributed by atoms with E-state index in [0.29, 0.717) is 12.5 Å². The van der Waals surface area contributed by atoms with Crippen molar-refractivity contribution in [2.75, 3.05) is 26.7 Å². The van der Waals surface area contributed by atoms with Gasteiger partial charge in [-0.3, -0.25) is 4.99 Å². The number of rotatable bonds is 6. The van der Waals surface area contributed by atoms with E-state index in [4.69, 9.17) is 0 Å². The normalized spacial score (nSPS) is 17.6. The molecule has 2 aromatic rings. The van der Waals surface area contributed by atoms with E-state index in [1.807, 2.05) is 30.3 Å². The lowest BCUT2D eigenvalue weighted by atomic mass is 9.78. The van der Waals surface area contributed by atoms with Crippen molar-refractivity contribution in [3.05, 3.63) is 71.3 Å². The Morgan fingerprint density at radius 3 is 2.58 bits per heavy atom. The Morgan fingerprint density at radius 2 is 1.88 bits per heavy atom. The van der Waals surface area contributed by atoms with Crippen LogP contribution < -0.4 is 10.6 Å². The molecule has 2 unspecified atom stereocenters. The lowest BCUT2D eigenvalue weighted by Crippen LogP contribution is -2.42. The van der Waals surface area contributed by atoms with Crippen molar-refractivity contribution in [3.63, 3.8) is 0 Å². The summed E-state index contributed by atoms with van der Waals surface area (Å²) in [5.74, 6) is 1.41. The van der Waals surface area contributed by atoms with E-state index < -0.39 is 0 Å². The second-order valence-corrected chi connectivity index (χ2v) is 6.22. The maximum Gasteiger partial charge on any atom is 0.191 e. The molecule has 2 atom stereocenters. The summed E-state index contributed by atoms with van der Waals surface area (Å²) < 4.78 is 0. The largest absolute Gasteiger partial charge is 0.396 e. The molecule has 3 rings (SSSR count). The van der Waals surface area contributed by atoms with Crippen molar-refractivity contribution in [1.82, 2.24) is 10.6 Å². The number of aliphatic hydroxyl groups excluding tert-OH is 1. The first-order valence-electron chi connectivity index (χ1n) is 8.50. The lowest BCUT2D eigenvalue weighted by Gasteiger charge is -2.30. The molecule has 24 heavy (non-hydrogen) atoms. The summed E-state index contributed by atoms with van der Waals surface area (Å²) in [6.07, 6.45) is 1.13. The molecule has 0 fully saturated rings. The molecule has 4 heteroatoms. The van der Waals surface area contributed by atoms with Gasteiger partial charge in [0.05, 0.1) is 6.61 Å². The predicted molar refractivity (Wildman–Crippen MR) is 98.5 cm³/mol. The molecule has 0 amide bonds. The van der Waals surface area contributed by atoms with E-state index in [9.17, 15) is 5.11 Å². The monoisotopic (exact) mass is 323 g/mol. The van der Waals surface area contributed by atoms with Crippen LogP contribution in [0.25, 0.3) is 0 Å². The molecule has 0 aromatic heterocycles. The summed E-state index contributed by atoms with van der Waals surface area (Å²) in [5.41, 5.74) is 4.03. The fraction of sp³-hybridized carbons (Fsp3) is 0.350. The van der Waals surface area contributed by atoms with Gasteiger partial charge in [-0.2, -0.15) is 0 Å². The minimum atomic E-state index is 0.0641. The van der Waals surface area contributed by atoms with Crippen LogP contribution in [-0.2, 0) is 6.42 Å². The van der Waals surface area contributed by atoms with Crippen molar-refractivity contribution in [2.45, 2.75) is 18.3 Å². The number of aliphatic imine (C=N–C) groups is 1. The average Bonchev–Trinajstić information content (AvgIpc) is 2.62. The Hall–Kier alpha value is -2.33. The SMILES string of the molecule is CN=C(NCC(CO)c1ccccc1)NCC1Cc2ccccc21. The van der Waals surface area contributed by atoms with Crippen LogP contribution in [0.1, 0.15) is 28.5 Å². The van der Waals surface area contributed by atoms with Crippen LogP contribution >= 0.6 is 0 Å². The number of guanidine groups is 1. The zero-order valence-corrected chi connectivity index (χ0v) is 14.1. The number of fused-ring (bicyclic) bond motifs is 1. The number of aliphatic hydroxyl groups is 1. The van der Waals surface area contributed by atoms with Crippen LogP contribution in [0, 0.1) is 0 Å². The van der Waals surface area contributed by atoms with Crippen molar-refractivity contribution in [3.8, 4) is 0 Å². The van der Waals surface area contributed by atoms with E-state index in [-0.39, 0.29) is 12.5 Å². The lowest BCUT2D eigenvalue weighted by molar-refractivity contribution is 0.265. The topological polar surface area (TPSA) is 56.7 Å². The van der Waals surface area contributed by atoms with Gasteiger partial charge in [0.25, 0.3) is 0 Å². The molecule has 0 heterocycles. The van der Waals surface area contributed by atoms with Gasteiger partial charge in [0.2, 0.25) is 0 Å². The molecule has 1 aliphatic carbocycles. The fourth-order valence-electron chi connectivity index (χ4n) is 3.22. The zero-order chi connectivity index (χ0) is 16.8. The van der Waals surface area contributed by atoms with Crippen molar-refractivity contribution in [2.24, 2.45) is 4.99 Å². The highest BCUT2D eigenvalue weighted by molar-refractivity contribution is 5.79. The number of benzene rings is 2. The average molecular weight is 323 g/mol. The van der Waals surface area contributed by atoms with Gasteiger partial charge >= 0.3 is 0 Å². The maximum absolute atomic E-state index is 9.64. The molecular formula is C20H25N3O. The molecule has 0 radical (unpaired) electrons. The molecule has 0 saturated heterocycles. The van der Waals surface area contributed by atoms with E-state index >= 15 is 0 Å². The Bertz CT molecular complexity index is 684. The van der Waals surface area contributed by atoms with Crippen LogP contribution in [0.5, 0.6) is 0 Å². The van der Waals surface area contributed by atoms with Crippen molar-refractivity contribution >= 4 is 5.96 Å². The number of nitrogens with one attached hydrogen (secondary N) is 2. The Balaban J connectivity index is 1.49. The first-order valence-corrected chi connectivity index (χ1v) is 8.50. The summed E-state index contributed by atoms with van der Waals surface area (Å²) >= 11 is 0. The molecule has 0 spiro atoms. The third-order valence-electron chi connectivity index (χ3n) is 4.71. The quantitative estimate of drug-likeness (QED) is 0.565. The minimum Gasteiger partial charge on any atom is -0.396 e. The highest BCUT2D eigenvalue weighted by Crippen LogP contribution is 2.33. The van der Waals surface area contributed by atoms with Gasteiger partial charge in [-0.1, -0.05) is 54.6 Å². The first-order chi connectivity index (χ1) is 11.8. The fourth-order valence-corrected chi connectivity index (χ4v) is 3.22. The standard InChI is InChI=1S/C20H25N3O/c1-21-20(22-12-17-11-16-9-5-6-10-19(16)17)23-13-18(14-24)15-7-3-2-4-8-15/h2-10,17-18,24H,11-14H2,1H3,(H2,21,22,23). The zero-order valence-electron chi connectivity index (χ0n) is 14.1. The second-order valence-electron chi connectivity index (χ2n) is 6.22. The highest BCUT2D eigenvalue weighted by Gasteiger charge is 2.25. The summed E-state index contributed by atoms with van der Waals surface area (Å²) in [5, 5.41) is 16.4. The molecule has 1 aliphatic rings. The minimum absolute atomic E-state index is 0.0641. The predicted octanol–water partition coefficient (Wildman–Crippen LogP) is 2.27. The van der Waals surface area contributed by atoms with Crippen molar-refractivity contribution < 1.29 is 5.11 Å². The van der Waals surface area contributed by atoms with Gasteiger partial charge in [0.15, 0.2) is 5.96 Å². The highest BCUT2D eigenvalue weighted by atomic mass is 16.3. The molecular weight excluding hydrogens is 298 g/mol. The summed E-state index contributed by atoms with van der Waals surface area (Å²) in [6.45, 7) is 1.65. The number of nitrogens with zero attached hydrogens (tertiary/aromatic N) is 1. The van der Waals surface area contributed by atoms with Crippen LogP contribution in [0.4, 0.5) is 0 Å².